The lowest BCUT2D eigenvalue weighted by molar-refractivity contribution is -0.134. The Morgan fingerprint density at radius 3 is 2.47 bits per heavy atom. The average molecular weight is 249 g/mol. The maximum absolute atomic E-state index is 10.4. The van der Waals surface area contributed by atoms with Crippen LogP contribution < -0.4 is 5.32 Å². The zero-order valence-electron chi connectivity index (χ0n) is 10.5. The zero-order valence-corrected chi connectivity index (χ0v) is 10.5. The Bertz CT molecular complexity index is 196. The zero-order chi connectivity index (χ0) is 13.1. The van der Waals surface area contributed by atoms with E-state index in [-0.39, 0.29) is 19.5 Å². The molecule has 0 aromatic rings. The lowest BCUT2D eigenvalue weighted by Gasteiger charge is -2.29. The molecule has 1 atom stereocenters. The van der Waals surface area contributed by atoms with Crippen LogP contribution >= 0.6 is 0 Å². The van der Waals surface area contributed by atoms with E-state index in [1.807, 2.05) is 6.92 Å². The van der Waals surface area contributed by atoms with Crippen molar-refractivity contribution < 1.29 is 24.5 Å². The number of carbonyl (C=O) groups excluding carboxylic acids is 1. The maximum Gasteiger partial charge on any atom is 0.207 e. The third kappa shape index (κ3) is 5.97. The van der Waals surface area contributed by atoms with Crippen molar-refractivity contribution in [1.82, 2.24) is 5.32 Å². The van der Waals surface area contributed by atoms with Gasteiger partial charge in [-0.2, -0.15) is 0 Å². The third-order valence-electron chi connectivity index (χ3n) is 2.64. The van der Waals surface area contributed by atoms with Gasteiger partial charge in [-0.1, -0.05) is 13.3 Å². The first kappa shape index (κ1) is 16.3. The van der Waals surface area contributed by atoms with Crippen LogP contribution in [-0.4, -0.2) is 55.4 Å². The van der Waals surface area contributed by atoms with Crippen molar-refractivity contribution in [2.45, 2.75) is 38.0 Å². The van der Waals surface area contributed by atoms with E-state index in [9.17, 15) is 4.79 Å². The normalized spacial score (nSPS) is 13.4. The molecule has 0 heterocycles. The highest BCUT2D eigenvalue weighted by Crippen LogP contribution is 2.11. The lowest BCUT2D eigenvalue weighted by Crippen LogP contribution is -2.52. The fourth-order valence-corrected chi connectivity index (χ4v) is 1.39. The number of hydrogen-bond donors (Lipinski definition) is 3. The fourth-order valence-electron chi connectivity index (χ4n) is 1.39. The predicted octanol–water partition coefficient (Wildman–Crippen LogP) is -0.365. The van der Waals surface area contributed by atoms with Gasteiger partial charge in [0.25, 0.3) is 0 Å². The molecule has 6 nitrogen and oxygen atoms in total. The molecule has 1 unspecified atom stereocenters. The second-order valence-electron chi connectivity index (χ2n) is 3.93. The minimum atomic E-state index is -1.02. The number of methoxy groups -OCH3 is 1. The second-order valence-corrected chi connectivity index (χ2v) is 3.93. The Labute approximate surface area is 102 Å². The summed E-state index contributed by atoms with van der Waals surface area (Å²) < 4.78 is 10.5. The first-order valence-corrected chi connectivity index (χ1v) is 5.75. The molecule has 0 spiro atoms. The van der Waals surface area contributed by atoms with Gasteiger partial charge in [-0.15, -0.1) is 0 Å². The van der Waals surface area contributed by atoms with Crippen LogP contribution in [0.3, 0.4) is 0 Å². The molecule has 0 bridgehead atoms. The van der Waals surface area contributed by atoms with Gasteiger partial charge in [-0.3, -0.25) is 4.79 Å². The summed E-state index contributed by atoms with van der Waals surface area (Å²) in [5.74, 6) is 0. The molecule has 1 amide bonds. The predicted molar refractivity (Wildman–Crippen MR) is 62.4 cm³/mol. The molecule has 0 radical (unpaired) electrons. The molecular weight excluding hydrogens is 226 g/mol. The molecule has 3 N–H and O–H groups in total. The van der Waals surface area contributed by atoms with Crippen LogP contribution in [0.2, 0.25) is 0 Å². The number of ether oxygens (including phenoxy) is 2. The smallest absolute Gasteiger partial charge is 0.207 e. The van der Waals surface area contributed by atoms with Crippen molar-refractivity contribution in [3.05, 3.63) is 0 Å². The minimum absolute atomic E-state index is 0.286. The molecule has 0 aliphatic rings. The fraction of sp³-hybridized carbons (Fsp3) is 0.909. The average Bonchev–Trinajstić information content (AvgIpc) is 2.36. The standard InChI is InChI=1S/C11H23NO5/c1-3-4-10(16-2)17-6-5-11(7-13,8-14)12-9-15/h9-10,13-14H,3-8H2,1-2H3,(H,12,15). The Morgan fingerprint density at radius 2 is 2.06 bits per heavy atom. The van der Waals surface area contributed by atoms with Crippen molar-refractivity contribution >= 4 is 6.41 Å². The van der Waals surface area contributed by atoms with E-state index in [1.165, 1.54) is 0 Å². The van der Waals surface area contributed by atoms with Crippen molar-refractivity contribution in [3.63, 3.8) is 0 Å². The second kappa shape index (κ2) is 9.35. The minimum Gasteiger partial charge on any atom is -0.394 e. The number of carbonyl (C=O) groups is 1. The van der Waals surface area contributed by atoms with Crippen LogP contribution in [0, 0.1) is 0 Å². The van der Waals surface area contributed by atoms with Gasteiger partial charge in [0.15, 0.2) is 6.29 Å². The Balaban J connectivity index is 4.07. The molecule has 0 aromatic carbocycles. The highest BCUT2D eigenvalue weighted by molar-refractivity contribution is 5.48. The number of rotatable bonds is 11. The van der Waals surface area contributed by atoms with E-state index in [2.05, 4.69) is 5.32 Å². The van der Waals surface area contributed by atoms with Gasteiger partial charge in [0.05, 0.1) is 25.4 Å². The van der Waals surface area contributed by atoms with Gasteiger partial charge < -0.3 is 25.0 Å². The number of aliphatic hydroxyl groups excluding tert-OH is 2. The highest BCUT2D eigenvalue weighted by Gasteiger charge is 2.28. The molecule has 0 saturated carbocycles. The van der Waals surface area contributed by atoms with E-state index in [0.29, 0.717) is 19.4 Å². The molecule has 0 aliphatic heterocycles. The Hall–Kier alpha value is -0.690. The molecular formula is C11H23NO5. The van der Waals surface area contributed by atoms with Gasteiger partial charge in [0.1, 0.15) is 0 Å². The van der Waals surface area contributed by atoms with Crippen LogP contribution in [-0.2, 0) is 14.3 Å². The number of amides is 1. The molecule has 102 valence electrons. The first-order valence-electron chi connectivity index (χ1n) is 5.75. The molecule has 0 rings (SSSR count). The number of hydrogen-bond acceptors (Lipinski definition) is 5. The van der Waals surface area contributed by atoms with E-state index in [4.69, 9.17) is 19.7 Å². The number of aliphatic hydroxyl groups is 2. The third-order valence-corrected chi connectivity index (χ3v) is 2.64. The van der Waals surface area contributed by atoms with Gasteiger partial charge >= 0.3 is 0 Å². The monoisotopic (exact) mass is 249 g/mol. The Morgan fingerprint density at radius 1 is 1.41 bits per heavy atom. The molecule has 0 saturated heterocycles. The Kier molecular flexibility index (Phi) is 8.97. The van der Waals surface area contributed by atoms with Gasteiger partial charge in [-0.25, -0.2) is 0 Å². The summed E-state index contributed by atoms with van der Waals surface area (Å²) in [7, 11) is 1.56. The van der Waals surface area contributed by atoms with Crippen molar-refractivity contribution in [1.29, 1.82) is 0 Å². The SMILES string of the molecule is CCCC(OC)OCCC(CO)(CO)NC=O. The van der Waals surface area contributed by atoms with Crippen LogP contribution in [0.5, 0.6) is 0 Å². The van der Waals surface area contributed by atoms with Gasteiger partial charge in [-0.05, 0) is 12.8 Å². The maximum atomic E-state index is 10.4. The van der Waals surface area contributed by atoms with Gasteiger partial charge in [0, 0.05) is 7.11 Å². The molecule has 0 fully saturated rings. The van der Waals surface area contributed by atoms with Crippen LogP contribution in [0.25, 0.3) is 0 Å². The topological polar surface area (TPSA) is 88.0 Å². The summed E-state index contributed by atoms with van der Waals surface area (Å²) in [5.41, 5.74) is -1.02. The summed E-state index contributed by atoms with van der Waals surface area (Å²) in [6.45, 7) is 1.64. The van der Waals surface area contributed by atoms with Crippen LogP contribution in [0.15, 0.2) is 0 Å². The molecule has 17 heavy (non-hydrogen) atoms. The van der Waals surface area contributed by atoms with E-state index < -0.39 is 5.54 Å². The van der Waals surface area contributed by atoms with Crippen LogP contribution in [0.4, 0.5) is 0 Å². The summed E-state index contributed by atoms with van der Waals surface area (Å²) >= 11 is 0. The summed E-state index contributed by atoms with van der Waals surface area (Å²) in [6, 6.07) is 0. The quantitative estimate of drug-likeness (QED) is 0.344. The van der Waals surface area contributed by atoms with Gasteiger partial charge in [0.2, 0.25) is 6.41 Å². The van der Waals surface area contributed by atoms with Crippen molar-refractivity contribution in [2.75, 3.05) is 26.9 Å². The number of nitrogens with one attached hydrogen (secondary N) is 1. The van der Waals surface area contributed by atoms with E-state index in [0.717, 1.165) is 12.8 Å². The van der Waals surface area contributed by atoms with Crippen molar-refractivity contribution in [2.24, 2.45) is 0 Å². The van der Waals surface area contributed by atoms with Crippen LogP contribution in [0.1, 0.15) is 26.2 Å². The van der Waals surface area contributed by atoms with Crippen molar-refractivity contribution in [3.8, 4) is 0 Å². The first-order chi connectivity index (χ1) is 8.17. The summed E-state index contributed by atoms with van der Waals surface area (Å²) in [4.78, 5) is 10.4. The van der Waals surface area contributed by atoms with E-state index >= 15 is 0 Å². The highest BCUT2D eigenvalue weighted by atomic mass is 16.7. The molecule has 6 heteroatoms. The molecule has 0 aliphatic carbocycles. The largest absolute Gasteiger partial charge is 0.394 e. The lowest BCUT2D eigenvalue weighted by atomic mass is 9.98. The summed E-state index contributed by atoms with van der Waals surface area (Å²) in [5, 5.41) is 20.7. The molecule has 0 aromatic heterocycles. The summed E-state index contributed by atoms with van der Waals surface area (Å²) in [6.07, 6.45) is 2.22. The van der Waals surface area contributed by atoms with E-state index in [1.54, 1.807) is 7.11 Å².